The average molecular weight is 382 g/mol. The van der Waals surface area contributed by atoms with Gasteiger partial charge in [0.25, 0.3) is 18.8 Å². The van der Waals surface area contributed by atoms with Crippen molar-refractivity contribution in [1.29, 1.82) is 0 Å². The van der Waals surface area contributed by atoms with E-state index in [1.807, 2.05) is 18.2 Å². The highest BCUT2D eigenvalue weighted by molar-refractivity contribution is 6.83. The van der Waals surface area contributed by atoms with Crippen LogP contribution in [-0.2, 0) is 4.12 Å². The lowest BCUT2D eigenvalue weighted by Gasteiger charge is -2.17. The lowest BCUT2D eigenvalue weighted by Crippen LogP contribution is -2.47. The summed E-state index contributed by atoms with van der Waals surface area (Å²) in [4.78, 5) is 0. The molecule has 3 aromatic carbocycles. The van der Waals surface area contributed by atoms with Crippen LogP contribution in [0.3, 0.4) is 0 Å². The number of hydrogen-bond donors (Lipinski definition) is 0. The molecule has 3 heteroatoms. The van der Waals surface area contributed by atoms with Gasteiger partial charge in [-0.25, -0.2) is 0 Å². The second kappa shape index (κ2) is 9.28. The van der Waals surface area contributed by atoms with Crippen LogP contribution in [0.1, 0.15) is 16.7 Å². The van der Waals surface area contributed by atoms with Crippen LogP contribution in [-0.4, -0.2) is 18.8 Å². The molecule has 0 aromatic heterocycles. The summed E-state index contributed by atoms with van der Waals surface area (Å²) in [5.41, 5.74) is 3.35. The van der Waals surface area contributed by atoms with Crippen molar-refractivity contribution in [2.75, 3.05) is 0 Å². The van der Waals surface area contributed by atoms with Crippen molar-refractivity contribution in [3.8, 4) is 0 Å². The van der Waals surface area contributed by atoms with Crippen molar-refractivity contribution in [2.24, 2.45) is 0 Å². The smallest absolute Gasteiger partial charge is 0.272 e. The highest BCUT2D eigenvalue weighted by atomic mass is 28.3. The Morgan fingerprint density at radius 3 is 1.33 bits per heavy atom. The van der Waals surface area contributed by atoms with Crippen LogP contribution in [0.25, 0.3) is 18.2 Å². The molecule has 3 rings (SSSR count). The van der Waals surface area contributed by atoms with Crippen LogP contribution in [0.2, 0.25) is 0 Å². The molecule has 3 aromatic rings. The van der Waals surface area contributed by atoms with Crippen molar-refractivity contribution < 1.29 is 4.12 Å². The first-order valence-corrected chi connectivity index (χ1v) is 11.0. The van der Waals surface area contributed by atoms with Gasteiger partial charge in [0.15, 0.2) is 0 Å². The molecule has 0 aliphatic heterocycles. The lowest BCUT2D eigenvalue weighted by atomic mass is 10.2. The summed E-state index contributed by atoms with van der Waals surface area (Å²) >= 11 is 0. The van der Waals surface area contributed by atoms with E-state index in [9.17, 15) is 0 Å². The van der Waals surface area contributed by atoms with Crippen molar-refractivity contribution in [3.05, 3.63) is 109 Å². The molecule has 27 heavy (non-hydrogen) atoms. The molecular weight excluding hydrogens is 360 g/mol. The lowest BCUT2D eigenvalue weighted by molar-refractivity contribution is 0.648. The van der Waals surface area contributed by atoms with Crippen molar-refractivity contribution in [3.63, 3.8) is 0 Å². The Morgan fingerprint density at radius 1 is 0.593 bits per heavy atom. The fourth-order valence-electron chi connectivity index (χ4n) is 2.62. The number of hydrogen-bond acceptors (Lipinski definition) is 1. The van der Waals surface area contributed by atoms with Gasteiger partial charge in [-0.15, -0.1) is 0 Å². The highest BCUT2D eigenvalue weighted by Crippen LogP contribution is 2.03. The quantitative estimate of drug-likeness (QED) is 0.541. The topological polar surface area (TPSA) is 9.23 Å². The summed E-state index contributed by atoms with van der Waals surface area (Å²) in [5, 5.41) is 3.65. The minimum atomic E-state index is -1.34. The van der Waals surface area contributed by atoms with Crippen molar-refractivity contribution in [1.82, 2.24) is 0 Å². The Hall–Kier alpha value is -2.73. The standard InChI is InChI=1S/C24H21OSi2/c1-4-19-7-13-22(14-8-19)26-25-27(23-15-9-20(5-2)10-16-23)24-17-11-21(6-3)12-18-24/h4-18H,1-3H2. The van der Waals surface area contributed by atoms with Crippen LogP contribution in [0.5, 0.6) is 0 Å². The van der Waals surface area contributed by atoms with E-state index in [-0.39, 0.29) is 0 Å². The third-order valence-electron chi connectivity index (χ3n) is 4.23. The summed E-state index contributed by atoms with van der Waals surface area (Å²) < 4.78 is 6.47. The zero-order chi connectivity index (χ0) is 19.1. The zero-order valence-electron chi connectivity index (χ0n) is 15.2. The van der Waals surface area contributed by atoms with E-state index >= 15 is 0 Å². The van der Waals surface area contributed by atoms with Crippen molar-refractivity contribution in [2.45, 2.75) is 0 Å². The number of benzene rings is 3. The van der Waals surface area contributed by atoms with Crippen LogP contribution in [0.15, 0.2) is 92.5 Å². The summed E-state index contributed by atoms with van der Waals surface area (Å²) in [6.45, 7) is 11.5. The minimum absolute atomic E-state index is 0.299. The first-order valence-electron chi connectivity index (χ1n) is 8.71. The summed E-state index contributed by atoms with van der Waals surface area (Å²) in [5.74, 6) is 0. The summed E-state index contributed by atoms with van der Waals surface area (Å²) in [7, 11) is -1.04. The van der Waals surface area contributed by atoms with Crippen LogP contribution in [0, 0.1) is 0 Å². The van der Waals surface area contributed by atoms with Gasteiger partial charge >= 0.3 is 0 Å². The van der Waals surface area contributed by atoms with Crippen LogP contribution in [0.4, 0.5) is 0 Å². The third kappa shape index (κ3) is 4.92. The van der Waals surface area contributed by atoms with Crippen molar-refractivity contribution >= 4 is 52.6 Å². The first-order chi connectivity index (χ1) is 13.2. The molecule has 0 N–H and O–H groups in total. The van der Waals surface area contributed by atoms with Gasteiger partial charge in [0.1, 0.15) is 0 Å². The Labute approximate surface area is 166 Å². The molecule has 0 heterocycles. The SMILES string of the molecule is C=Cc1ccc([Si]O[Si](c2ccc(C=C)cc2)c2ccc(C=C)cc2)cc1. The molecule has 0 atom stereocenters. The fourth-order valence-corrected chi connectivity index (χ4v) is 6.02. The molecular formula is C24H21OSi2. The monoisotopic (exact) mass is 381 g/mol. The Balaban J connectivity index is 1.86. The minimum Gasteiger partial charge on any atom is -0.446 e. The third-order valence-corrected chi connectivity index (χ3v) is 7.74. The van der Waals surface area contributed by atoms with Gasteiger partial charge in [-0.2, -0.15) is 0 Å². The predicted molar refractivity (Wildman–Crippen MR) is 121 cm³/mol. The molecule has 0 saturated carbocycles. The Kier molecular flexibility index (Phi) is 6.55. The Bertz CT molecular complexity index is 859. The first kappa shape index (κ1) is 19.0. The van der Waals surface area contributed by atoms with E-state index in [0.717, 1.165) is 16.7 Å². The molecule has 3 radical (unpaired) electrons. The second-order valence-electron chi connectivity index (χ2n) is 6.01. The molecule has 0 saturated heterocycles. The Morgan fingerprint density at radius 2 is 0.963 bits per heavy atom. The van der Waals surface area contributed by atoms with E-state index in [1.165, 1.54) is 15.6 Å². The van der Waals surface area contributed by atoms with Gasteiger partial charge in [0, 0.05) is 0 Å². The van der Waals surface area contributed by atoms with E-state index in [1.54, 1.807) is 0 Å². The number of rotatable bonds is 8. The van der Waals surface area contributed by atoms with Gasteiger partial charge in [0.2, 0.25) is 0 Å². The highest BCUT2D eigenvalue weighted by Gasteiger charge is 2.19. The van der Waals surface area contributed by atoms with E-state index < -0.39 is 9.04 Å². The molecule has 0 unspecified atom stereocenters. The van der Waals surface area contributed by atoms with Crippen LogP contribution < -0.4 is 15.6 Å². The van der Waals surface area contributed by atoms with E-state index in [2.05, 4.69) is 92.5 Å². The zero-order valence-corrected chi connectivity index (χ0v) is 17.2. The van der Waals surface area contributed by atoms with E-state index in [0.29, 0.717) is 9.76 Å². The molecule has 0 fully saturated rings. The largest absolute Gasteiger partial charge is 0.446 e. The maximum Gasteiger partial charge on any atom is 0.272 e. The molecule has 0 bridgehead atoms. The molecule has 0 spiro atoms. The van der Waals surface area contributed by atoms with Gasteiger partial charge in [-0.05, 0) is 32.3 Å². The molecule has 131 valence electrons. The maximum absolute atomic E-state index is 6.47. The van der Waals surface area contributed by atoms with Gasteiger partial charge < -0.3 is 4.12 Å². The summed E-state index contributed by atoms with van der Waals surface area (Å²) in [6.07, 6.45) is 5.57. The fraction of sp³-hybridized carbons (Fsp3) is 0. The van der Waals surface area contributed by atoms with Gasteiger partial charge in [-0.1, -0.05) is 111 Å². The normalized spacial score (nSPS) is 10.6. The predicted octanol–water partition coefficient (Wildman–Crippen LogP) is 3.68. The van der Waals surface area contributed by atoms with Gasteiger partial charge in [-0.3, -0.25) is 0 Å². The summed E-state index contributed by atoms with van der Waals surface area (Å²) in [6, 6.07) is 25.3. The molecule has 1 nitrogen and oxygen atoms in total. The second-order valence-corrected chi connectivity index (χ2v) is 9.42. The molecule has 0 aliphatic rings. The van der Waals surface area contributed by atoms with E-state index in [4.69, 9.17) is 4.12 Å². The molecule has 0 aliphatic carbocycles. The van der Waals surface area contributed by atoms with Crippen LogP contribution >= 0.6 is 0 Å². The maximum atomic E-state index is 6.47. The van der Waals surface area contributed by atoms with Gasteiger partial charge in [0.05, 0.1) is 0 Å². The molecule has 0 amide bonds. The average Bonchev–Trinajstić information content (AvgIpc) is 2.75.